The fourth-order valence-corrected chi connectivity index (χ4v) is 1.36. The van der Waals surface area contributed by atoms with Crippen molar-refractivity contribution in [2.45, 2.75) is 19.3 Å². The highest BCUT2D eigenvalue weighted by Gasteiger charge is 2.43. The lowest BCUT2D eigenvalue weighted by molar-refractivity contribution is 0.0950. The lowest BCUT2D eigenvalue weighted by atomic mass is 10.1. The van der Waals surface area contributed by atoms with Gasteiger partial charge in [0.05, 0.1) is 0 Å². The molecule has 1 aromatic rings. The van der Waals surface area contributed by atoms with Crippen LogP contribution in [0.25, 0.3) is 0 Å². The van der Waals surface area contributed by atoms with Crippen LogP contribution in [0, 0.1) is 12.9 Å². The molecule has 0 aromatic carbocycles. The normalized spacial score (nSPS) is 26.1. The first-order chi connectivity index (χ1) is 6.24. The van der Waals surface area contributed by atoms with Crippen molar-refractivity contribution in [2.24, 2.45) is 0 Å². The van der Waals surface area contributed by atoms with E-state index in [1.54, 1.807) is 6.07 Å². The summed E-state index contributed by atoms with van der Waals surface area (Å²) in [5.74, 6) is -0.468. The molecule has 0 amide bonds. The summed E-state index contributed by atoms with van der Waals surface area (Å²) in [7, 11) is 1.54. The van der Waals surface area contributed by atoms with Gasteiger partial charge in [0.25, 0.3) is 0 Å². The van der Waals surface area contributed by atoms with Crippen LogP contribution in [0.3, 0.4) is 0 Å². The van der Waals surface area contributed by atoms with Crippen molar-refractivity contribution in [1.82, 2.24) is 4.98 Å². The lowest BCUT2D eigenvalue weighted by Crippen LogP contribution is -1.99. The van der Waals surface area contributed by atoms with E-state index in [-0.39, 0.29) is 12.4 Å². The Morgan fingerprint density at radius 1 is 1.62 bits per heavy atom. The SMILES string of the molecule is COC1OC1c1c(C)ccnc1F. The van der Waals surface area contributed by atoms with Crippen LogP contribution in [0.1, 0.15) is 17.2 Å². The molecule has 2 rings (SSSR count). The zero-order valence-corrected chi connectivity index (χ0v) is 7.45. The Bertz CT molecular complexity index is 309. The van der Waals surface area contributed by atoms with Crippen LogP contribution in [0.4, 0.5) is 4.39 Å². The predicted octanol–water partition coefficient (Wildman–Crippen LogP) is 1.57. The van der Waals surface area contributed by atoms with E-state index in [9.17, 15) is 4.39 Å². The predicted molar refractivity (Wildman–Crippen MR) is 43.6 cm³/mol. The van der Waals surface area contributed by atoms with Gasteiger partial charge in [-0.1, -0.05) is 0 Å². The largest absolute Gasteiger partial charge is 0.353 e. The van der Waals surface area contributed by atoms with Crippen LogP contribution < -0.4 is 0 Å². The van der Waals surface area contributed by atoms with Gasteiger partial charge in [0, 0.05) is 18.9 Å². The molecule has 3 nitrogen and oxygen atoms in total. The molecule has 1 saturated heterocycles. The minimum atomic E-state index is -0.468. The van der Waals surface area contributed by atoms with Crippen LogP contribution in [0.2, 0.25) is 0 Å². The number of aromatic nitrogens is 1. The number of ether oxygens (including phenoxy) is 2. The third-order valence-corrected chi connectivity index (χ3v) is 2.13. The summed E-state index contributed by atoms with van der Waals surface area (Å²) in [6, 6.07) is 1.76. The van der Waals surface area contributed by atoms with Gasteiger partial charge in [0.15, 0.2) is 6.29 Å². The molecule has 2 heterocycles. The molecule has 13 heavy (non-hydrogen) atoms. The molecule has 1 aliphatic heterocycles. The van der Waals surface area contributed by atoms with Gasteiger partial charge < -0.3 is 9.47 Å². The van der Waals surface area contributed by atoms with E-state index in [0.717, 1.165) is 5.56 Å². The van der Waals surface area contributed by atoms with Gasteiger partial charge in [-0.15, -0.1) is 0 Å². The number of methoxy groups -OCH3 is 1. The van der Waals surface area contributed by atoms with Crippen molar-refractivity contribution in [3.8, 4) is 0 Å². The number of hydrogen-bond donors (Lipinski definition) is 0. The summed E-state index contributed by atoms with van der Waals surface area (Å²) in [6.07, 6.45) is 0.856. The average Bonchev–Trinajstić information content (AvgIpc) is 2.83. The van der Waals surface area contributed by atoms with Gasteiger partial charge in [-0.05, 0) is 18.6 Å². The van der Waals surface area contributed by atoms with Gasteiger partial charge in [0.1, 0.15) is 6.10 Å². The highest BCUT2D eigenvalue weighted by molar-refractivity contribution is 5.28. The Kier molecular flexibility index (Phi) is 2.01. The zero-order chi connectivity index (χ0) is 9.42. The Morgan fingerprint density at radius 3 is 2.92 bits per heavy atom. The van der Waals surface area contributed by atoms with E-state index in [4.69, 9.17) is 9.47 Å². The van der Waals surface area contributed by atoms with E-state index >= 15 is 0 Å². The van der Waals surface area contributed by atoms with Crippen LogP contribution >= 0.6 is 0 Å². The van der Waals surface area contributed by atoms with Crippen molar-refractivity contribution in [2.75, 3.05) is 7.11 Å². The van der Waals surface area contributed by atoms with E-state index < -0.39 is 5.95 Å². The molecular formula is C9H10FNO2. The molecule has 0 spiro atoms. The Balaban J connectivity index is 2.30. The number of halogens is 1. The van der Waals surface area contributed by atoms with Gasteiger partial charge in [-0.2, -0.15) is 4.39 Å². The van der Waals surface area contributed by atoms with Gasteiger partial charge in [-0.3, -0.25) is 0 Å². The second-order valence-electron chi connectivity index (χ2n) is 2.99. The first-order valence-electron chi connectivity index (χ1n) is 4.03. The van der Waals surface area contributed by atoms with E-state index in [0.29, 0.717) is 5.56 Å². The van der Waals surface area contributed by atoms with Crippen molar-refractivity contribution in [3.05, 3.63) is 29.3 Å². The summed E-state index contributed by atoms with van der Waals surface area (Å²) in [6.45, 7) is 1.83. The van der Waals surface area contributed by atoms with Crippen LogP contribution in [0.5, 0.6) is 0 Å². The topological polar surface area (TPSA) is 34.6 Å². The second kappa shape index (κ2) is 3.05. The number of epoxide rings is 1. The maximum absolute atomic E-state index is 13.2. The first kappa shape index (κ1) is 8.59. The molecule has 0 radical (unpaired) electrons. The number of nitrogens with zero attached hydrogens (tertiary/aromatic N) is 1. The van der Waals surface area contributed by atoms with Crippen LogP contribution in [-0.2, 0) is 9.47 Å². The smallest absolute Gasteiger partial charge is 0.219 e. The summed E-state index contributed by atoms with van der Waals surface area (Å²) in [4.78, 5) is 3.57. The molecule has 0 N–H and O–H groups in total. The number of aryl methyl sites for hydroxylation is 1. The molecule has 1 fully saturated rings. The Hall–Kier alpha value is -1.00. The first-order valence-corrected chi connectivity index (χ1v) is 4.03. The molecule has 4 heteroatoms. The minimum absolute atomic E-state index is 0.279. The third-order valence-electron chi connectivity index (χ3n) is 2.13. The maximum atomic E-state index is 13.2. The van der Waals surface area contributed by atoms with Crippen molar-refractivity contribution in [3.63, 3.8) is 0 Å². The second-order valence-corrected chi connectivity index (χ2v) is 2.99. The molecule has 0 saturated carbocycles. The highest BCUT2D eigenvalue weighted by Crippen LogP contribution is 2.40. The third kappa shape index (κ3) is 1.43. The molecule has 70 valence electrons. The number of rotatable bonds is 2. The van der Waals surface area contributed by atoms with Gasteiger partial charge in [0.2, 0.25) is 5.95 Å². The molecular weight excluding hydrogens is 173 g/mol. The number of pyridine rings is 1. The molecule has 0 aliphatic carbocycles. The van der Waals surface area contributed by atoms with E-state index in [1.807, 2.05) is 6.92 Å². The fraction of sp³-hybridized carbons (Fsp3) is 0.444. The molecule has 2 atom stereocenters. The molecule has 1 aliphatic rings. The monoisotopic (exact) mass is 183 g/mol. The van der Waals surface area contributed by atoms with Gasteiger partial charge >= 0.3 is 0 Å². The highest BCUT2D eigenvalue weighted by atomic mass is 19.1. The summed E-state index contributed by atoms with van der Waals surface area (Å²) < 4.78 is 23.2. The summed E-state index contributed by atoms with van der Waals surface area (Å²) in [5.41, 5.74) is 1.35. The lowest BCUT2D eigenvalue weighted by Gasteiger charge is -2.01. The Morgan fingerprint density at radius 2 is 2.38 bits per heavy atom. The quantitative estimate of drug-likeness (QED) is 0.515. The van der Waals surface area contributed by atoms with Crippen LogP contribution in [0.15, 0.2) is 12.3 Å². The average molecular weight is 183 g/mol. The summed E-state index contributed by atoms with van der Waals surface area (Å²) >= 11 is 0. The molecule has 1 aromatic heterocycles. The van der Waals surface area contributed by atoms with E-state index in [2.05, 4.69) is 4.98 Å². The maximum Gasteiger partial charge on any atom is 0.219 e. The molecule has 2 unspecified atom stereocenters. The van der Waals surface area contributed by atoms with Crippen molar-refractivity contribution >= 4 is 0 Å². The zero-order valence-electron chi connectivity index (χ0n) is 7.45. The van der Waals surface area contributed by atoms with Crippen molar-refractivity contribution < 1.29 is 13.9 Å². The van der Waals surface area contributed by atoms with Crippen LogP contribution in [-0.4, -0.2) is 18.4 Å². The number of hydrogen-bond acceptors (Lipinski definition) is 3. The van der Waals surface area contributed by atoms with E-state index in [1.165, 1.54) is 13.3 Å². The Labute approximate surface area is 75.5 Å². The minimum Gasteiger partial charge on any atom is -0.353 e. The molecule has 0 bridgehead atoms. The summed E-state index contributed by atoms with van der Waals surface area (Å²) in [5, 5.41) is 0. The van der Waals surface area contributed by atoms with Crippen molar-refractivity contribution in [1.29, 1.82) is 0 Å². The van der Waals surface area contributed by atoms with Gasteiger partial charge in [-0.25, -0.2) is 4.98 Å². The fourth-order valence-electron chi connectivity index (χ4n) is 1.36. The standard InChI is InChI=1S/C9H10FNO2/c1-5-3-4-11-8(10)6(5)7-9(12-2)13-7/h3-4,7,9H,1-2H3.